The Morgan fingerprint density at radius 1 is 1.35 bits per heavy atom. The molecule has 0 saturated heterocycles. The van der Waals surface area contributed by atoms with Crippen LogP contribution in [0.15, 0.2) is 18.2 Å². The molecule has 0 amide bonds. The molecule has 3 N–H and O–H groups in total. The maximum absolute atomic E-state index is 13.1. The van der Waals surface area contributed by atoms with Crippen LogP contribution < -0.4 is 10.5 Å². The van der Waals surface area contributed by atoms with Crippen LogP contribution >= 0.6 is 12.4 Å². The lowest BCUT2D eigenvalue weighted by molar-refractivity contribution is -0.275. The maximum atomic E-state index is 13.1. The molecular weight excluding hydrogens is 266 g/mol. The first kappa shape index (κ1) is 16.0. The first-order valence-corrected chi connectivity index (χ1v) is 4.25. The highest BCUT2D eigenvalue weighted by molar-refractivity contribution is 5.85. The summed E-state index contributed by atoms with van der Waals surface area (Å²) in [6.07, 6.45) is -4.94. The normalized spacial score (nSPS) is 12.8. The second-order valence-electron chi connectivity index (χ2n) is 3.03. The molecule has 0 bridgehead atoms. The van der Waals surface area contributed by atoms with Crippen LogP contribution in [0, 0.1) is 5.82 Å². The van der Waals surface area contributed by atoms with E-state index in [-0.39, 0.29) is 18.0 Å². The number of benzene rings is 1. The minimum absolute atomic E-state index is 0. The van der Waals surface area contributed by atoms with Crippen LogP contribution in [-0.4, -0.2) is 18.1 Å². The van der Waals surface area contributed by atoms with Gasteiger partial charge in [0.1, 0.15) is 0 Å². The summed E-state index contributed by atoms with van der Waals surface area (Å²) in [6, 6.07) is 1.93. The summed E-state index contributed by atoms with van der Waals surface area (Å²) >= 11 is 0. The Morgan fingerprint density at radius 2 is 1.94 bits per heavy atom. The second-order valence-corrected chi connectivity index (χ2v) is 3.03. The zero-order valence-corrected chi connectivity index (χ0v) is 9.19. The zero-order chi connectivity index (χ0) is 12.3. The van der Waals surface area contributed by atoms with E-state index in [1.165, 1.54) is 0 Å². The third-order valence-corrected chi connectivity index (χ3v) is 1.81. The van der Waals surface area contributed by atoms with Gasteiger partial charge in [-0.2, -0.15) is 0 Å². The topological polar surface area (TPSA) is 55.5 Å². The quantitative estimate of drug-likeness (QED) is 0.831. The van der Waals surface area contributed by atoms with Crippen molar-refractivity contribution in [3.63, 3.8) is 0 Å². The number of ether oxygens (including phenoxy) is 1. The van der Waals surface area contributed by atoms with Crippen LogP contribution in [0.5, 0.6) is 5.75 Å². The van der Waals surface area contributed by atoms with Gasteiger partial charge in [-0.1, -0.05) is 6.07 Å². The van der Waals surface area contributed by atoms with Gasteiger partial charge in [0, 0.05) is 0 Å². The standard InChI is InChI=1S/C9H9F4NO2.ClH/c10-6-3-5(7(14)4-15)1-2-8(6)16-9(11,12)13;/h1-3,7,15H,4,14H2;1H/t7-;/m1./s1. The maximum Gasteiger partial charge on any atom is 0.573 e. The predicted molar refractivity (Wildman–Crippen MR) is 54.3 cm³/mol. The zero-order valence-electron chi connectivity index (χ0n) is 8.37. The van der Waals surface area contributed by atoms with E-state index in [2.05, 4.69) is 4.74 Å². The number of hydrogen-bond donors (Lipinski definition) is 2. The summed E-state index contributed by atoms with van der Waals surface area (Å²) in [7, 11) is 0. The summed E-state index contributed by atoms with van der Waals surface area (Å²) < 4.78 is 51.9. The molecule has 1 aromatic carbocycles. The van der Waals surface area contributed by atoms with Gasteiger partial charge in [-0.25, -0.2) is 4.39 Å². The number of hydrogen-bond acceptors (Lipinski definition) is 3. The van der Waals surface area contributed by atoms with Gasteiger partial charge in [-0.3, -0.25) is 0 Å². The number of aliphatic hydroxyl groups excluding tert-OH is 1. The Morgan fingerprint density at radius 3 is 2.35 bits per heavy atom. The highest BCUT2D eigenvalue weighted by atomic mass is 35.5. The van der Waals surface area contributed by atoms with E-state index >= 15 is 0 Å². The smallest absolute Gasteiger partial charge is 0.403 e. The molecule has 0 heterocycles. The predicted octanol–water partition coefficient (Wildman–Crippen LogP) is 2.14. The monoisotopic (exact) mass is 275 g/mol. The third-order valence-electron chi connectivity index (χ3n) is 1.81. The van der Waals surface area contributed by atoms with Gasteiger partial charge in [0.25, 0.3) is 0 Å². The van der Waals surface area contributed by atoms with E-state index in [0.29, 0.717) is 0 Å². The van der Waals surface area contributed by atoms with Crippen molar-refractivity contribution in [2.24, 2.45) is 5.73 Å². The van der Waals surface area contributed by atoms with Gasteiger partial charge < -0.3 is 15.6 Å². The Hall–Kier alpha value is -1.05. The first-order chi connectivity index (χ1) is 7.33. The Kier molecular flexibility index (Phi) is 5.67. The lowest BCUT2D eigenvalue weighted by Crippen LogP contribution is -2.19. The summed E-state index contributed by atoms with van der Waals surface area (Å²) in [6.45, 7) is -0.432. The lowest BCUT2D eigenvalue weighted by Gasteiger charge is -2.12. The van der Waals surface area contributed by atoms with Crippen molar-refractivity contribution in [1.82, 2.24) is 0 Å². The van der Waals surface area contributed by atoms with E-state index in [9.17, 15) is 17.6 Å². The van der Waals surface area contributed by atoms with Crippen LogP contribution in [0.4, 0.5) is 17.6 Å². The number of halogens is 5. The largest absolute Gasteiger partial charge is 0.573 e. The molecule has 0 aliphatic heterocycles. The van der Waals surface area contributed by atoms with Gasteiger partial charge in [0.15, 0.2) is 11.6 Å². The van der Waals surface area contributed by atoms with Gasteiger partial charge in [-0.15, -0.1) is 25.6 Å². The molecule has 1 atom stereocenters. The lowest BCUT2D eigenvalue weighted by atomic mass is 10.1. The van der Waals surface area contributed by atoms with Crippen molar-refractivity contribution in [3.8, 4) is 5.75 Å². The molecular formula is C9H10ClF4NO2. The molecule has 3 nitrogen and oxygen atoms in total. The van der Waals surface area contributed by atoms with E-state index in [1.807, 2.05) is 0 Å². The molecule has 0 aliphatic carbocycles. The summed E-state index contributed by atoms with van der Waals surface area (Å²) in [5.41, 5.74) is 5.55. The fraction of sp³-hybridized carbons (Fsp3) is 0.333. The molecule has 1 rings (SSSR count). The van der Waals surface area contributed by atoms with Gasteiger partial charge in [0.05, 0.1) is 12.6 Å². The average molecular weight is 276 g/mol. The van der Waals surface area contributed by atoms with E-state index in [1.54, 1.807) is 0 Å². The van der Waals surface area contributed by atoms with Gasteiger partial charge in [0.2, 0.25) is 0 Å². The fourth-order valence-corrected chi connectivity index (χ4v) is 1.06. The first-order valence-electron chi connectivity index (χ1n) is 4.25. The molecule has 0 radical (unpaired) electrons. The molecule has 8 heteroatoms. The van der Waals surface area contributed by atoms with Crippen molar-refractivity contribution in [3.05, 3.63) is 29.6 Å². The molecule has 0 aliphatic rings. The highest BCUT2D eigenvalue weighted by Crippen LogP contribution is 2.27. The Bertz CT molecular complexity index is 373. The Labute approximate surface area is 101 Å². The van der Waals surface area contributed by atoms with Crippen LogP contribution in [-0.2, 0) is 0 Å². The molecule has 98 valence electrons. The molecule has 0 saturated carbocycles. The number of nitrogens with two attached hydrogens (primary N) is 1. The highest BCUT2D eigenvalue weighted by Gasteiger charge is 2.32. The Balaban J connectivity index is 0.00000256. The van der Waals surface area contributed by atoms with Crippen molar-refractivity contribution in [1.29, 1.82) is 0 Å². The molecule has 0 fully saturated rings. The van der Waals surface area contributed by atoms with Crippen molar-refractivity contribution < 1.29 is 27.4 Å². The van der Waals surface area contributed by atoms with Crippen LogP contribution in [0.2, 0.25) is 0 Å². The molecule has 0 aromatic heterocycles. The number of alkyl halides is 3. The summed E-state index contributed by atoms with van der Waals surface area (Å²) in [5.74, 6) is -2.11. The van der Waals surface area contributed by atoms with Crippen LogP contribution in [0.1, 0.15) is 11.6 Å². The second kappa shape index (κ2) is 6.04. The minimum atomic E-state index is -4.94. The molecule has 1 aromatic rings. The van der Waals surface area contributed by atoms with Crippen molar-refractivity contribution in [2.75, 3.05) is 6.61 Å². The minimum Gasteiger partial charge on any atom is -0.403 e. The van der Waals surface area contributed by atoms with Crippen LogP contribution in [0.25, 0.3) is 0 Å². The molecule has 17 heavy (non-hydrogen) atoms. The van der Waals surface area contributed by atoms with Crippen molar-refractivity contribution in [2.45, 2.75) is 12.4 Å². The summed E-state index contributed by atoms with van der Waals surface area (Å²) in [4.78, 5) is 0. The van der Waals surface area contributed by atoms with Gasteiger partial charge >= 0.3 is 6.36 Å². The average Bonchev–Trinajstić information content (AvgIpc) is 2.18. The van der Waals surface area contributed by atoms with E-state index in [0.717, 1.165) is 18.2 Å². The summed E-state index contributed by atoms with van der Waals surface area (Å²) in [5, 5.41) is 8.68. The molecule has 0 unspecified atom stereocenters. The van der Waals surface area contributed by atoms with Crippen LogP contribution in [0.3, 0.4) is 0 Å². The number of aliphatic hydroxyl groups is 1. The fourth-order valence-electron chi connectivity index (χ4n) is 1.06. The molecule has 0 spiro atoms. The third kappa shape index (κ3) is 4.76. The SMILES string of the molecule is Cl.N[C@H](CO)c1ccc(OC(F)(F)F)c(F)c1. The van der Waals surface area contributed by atoms with E-state index < -0.39 is 30.6 Å². The van der Waals surface area contributed by atoms with Gasteiger partial charge in [-0.05, 0) is 17.7 Å². The number of rotatable bonds is 3. The van der Waals surface area contributed by atoms with E-state index in [4.69, 9.17) is 10.8 Å². The van der Waals surface area contributed by atoms with Crippen molar-refractivity contribution >= 4 is 12.4 Å².